The molecule has 0 radical (unpaired) electrons. The molecule has 268 valence electrons. The molecule has 4 nitrogen and oxygen atoms in total. The lowest BCUT2D eigenvalue weighted by Crippen LogP contribution is -2.05. The van der Waals surface area contributed by atoms with Crippen LogP contribution in [-0.2, 0) is 0 Å². The van der Waals surface area contributed by atoms with E-state index in [-0.39, 0.29) is 5.84 Å². The summed E-state index contributed by atoms with van der Waals surface area (Å²) in [6.45, 7) is 0. The van der Waals surface area contributed by atoms with Gasteiger partial charge < -0.3 is 4.42 Å². The van der Waals surface area contributed by atoms with Crippen LogP contribution in [0.15, 0.2) is 215 Å². The van der Waals surface area contributed by atoms with E-state index in [9.17, 15) is 0 Å². The fourth-order valence-electron chi connectivity index (χ4n) is 7.83. The molecule has 0 aliphatic carbocycles. The van der Waals surface area contributed by atoms with E-state index in [1.807, 2.05) is 72.9 Å². The van der Waals surface area contributed by atoms with Gasteiger partial charge in [-0.3, -0.25) is 5.41 Å². The highest BCUT2D eigenvalue weighted by Gasteiger charge is 2.18. The first-order valence-corrected chi connectivity index (χ1v) is 19.1. The molecule has 1 aromatic heterocycles. The number of hydrogen-bond donors (Lipinski definition) is 1. The van der Waals surface area contributed by atoms with E-state index in [1.54, 1.807) is 0 Å². The van der Waals surface area contributed by atoms with E-state index in [0.717, 1.165) is 93.6 Å². The second-order valence-electron chi connectivity index (χ2n) is 14.2. The molecule has 57 heavy (non-hydrogen) atoms. The second kappa shape index (κ2) is 14.5. The summed E-state index contributed by atoms with van der Waals surface area (Å²) in [6.07, 6.45) is 1.87. The third-order valence-electron chi connectivity index (χ3n) is 10.6. The molecule has 0 saturated carbocycles. The van der Waals surface area contributed by atoms with Gasteiger partial charge in [-0.05, 0) is 85.3 Å². The molecule has 1 N–H and O–H groups in total. The first kappa shape index (κ1) is 33.8. The van der Waals surface area contributed by atoms with Crippen LogP contribution in [0.2, 0.25) is 0 Å². The second-order valence-corrected chi connectivity index (χ2v) is 14.2. The first-order valence-electron chi connectivity index (χ1n) is 19.1. The van der Waals surface area contributed by atoms with E-state index in [4.69, 9.17) is 19.8 Å². The highest BCUT2D eigenvalue weighted by atomic mass is 16.3. The molecule has 0 aliphatic rings. The van der Waals surface area contributed by atoms with Crippen LogP contribution in [0.4, 0.5) is 0 Å². The van der Waals surface area contributed by atoms with Crippen molar-refractivity contribution < 1.29 is 4.42 Å². The van der Waals surface area contributed by atoms with Gasteiger partial charge in [0, 0.05) is 33.7 Å². The minimum absolute atomic E-state index is 0.144. The van der Waals surface area contributed by atoms with Crippen molar-refractivity contribution in [1.29, 1.82) is 5.41 Å². The van der Waals surface area contributed by atoms with Gasteiger partial charge in [0.25, 0.3) is 0 Å². The van der Waals surface area contributed by atoms with Gasteiger partial charge in [0.1, 0.15) is 11.2 Å². The van der Waals surface area contributed by atoms with Gasteiger partial charge in [-0.2, -0.15) is 0 Å². The van der Waals surface area contributed by atoms with Gasteiger partial charge in [-0.1, -0.05) is 170 Å². The van der Waals surface area contributed by atoms with E-state index in [0.29, 0.717) is 5.84 Å². The van der Waals surface area contributed by atoms with Gasteiger partial charge in [-0.15, -0.1) is 0 Å². The highest BCUT2D eigenvalue weighted by Crippen LogP contribution is 2.42. The minimum Gasteiger partial charge on any atom is -0.455 e. The largest absolute Gasteiger partial charge is 0.455 e. The predicted molar refractivity (Wildman–Crippen MR) is 239 cm³/mol. The molecule has 9 aromatic carbocycles. The van der Waals surface area contributed by atoms with E-state index >= 15 is 0 Å². The molecule has 0 unspecified atom stereocenters. The smallest absolute Gasteiger partial charge is 0.161 e. The van der Waals surface area contributed by atoms with Gasteiger partial charge in [0.05, 0.1) is 0 Å². The average Bonchev–Trinajstić information content (AvgIpc) is 3.67. The summed E-state index contributed by atoms with van der Waals surface area (Å²) in [5.74, 6) is 0.600. The Morgan fingerprint density at radius 3 is 1.96 bits per heavy atom. The van der Waals surface area contributed by atoms with Crippen molar-refractivity contribution in [2.24, 2.45) is 9.98 Å². The monoisotopic (exact) mass is 729 g/mol. The number of fused-ring (bicyclic) bond motifs is 5. The number of nitrogens with one attached hydrogen (secondary N) is 1. The molecule has 0 fully saturated rings. The standard InChI is InChI=1S/C53H35N3O/c54-52(42-29-28-37-16-7-8-19-39(37)32-42)56-53(43-22-11-21-40(33-43)36-14-3-1-4-15-36)55-34-35-30-41-20-9-10-23-44(41)48(31-35)46-25-13-27-49-50(46)47-26-12-24-45(51(47)57-49)38-17-5-2-6-18-38/h1-34,54H. The normalized spacial score (nSPS) is 12.0. The summed E-state index contributed by atoms with van der Waals surface area (Å²) in [6, 6.07) is 68.6. The van der Waals surface area contributed by atoms with Crippen molar-refractivity contribution in [3.8, 4) is 33.4 Å². The maximum Gasteiger partial charge on any atom is 0.161 e. The minimum atomic E-state index is 0.144. The SMILES string of the molecule is N=C(N=C(N=Cc1cc(-c2cccc3oc4c(-c5ccccc5)cccc4c23)c2ccccc2c1)c1cccc(-c2ccccc2)c1)c1ccc2ccccc2c1. The molecule has 1 heterocycles. The molecule has 10 aromatic rings. The number of nitrogens with zero attached hydrogens (tertiary/aromatic N) is 2. The molecular formula is C53H35N3O. The number of para-hydroxylation sites is 1. The number of benzene rings is 9. The predicted octanol–water partition coefficient (Wildman–Crippen LogP) is 13.8. The van der Waals surface area contributed by atoms with Crippen molar-refractivity contribution in [2.75, 3.05) is 0 Å². The molecule has 10 rings (SSSR count). The van der Waals surface area contributed by atoms with Crippen LogP contribution in [-0.4, -0.2) is 17.9 Å². The summed E-state index contributed by atoms with van der Waals surface area (Å²) in [7, 11) is 0. The summed E-state index contributed by atoms with van der Waals surface area (Å²) >= 11 is 0. The van der Waals surface area contributed by atoms with Crippen LogP contribution in [0, 0.1) is 5.41 Å². The number of amidine groups is 2. The number of furan rings is 1. The lowest BCUT2D eigenvalue weighted by molar-refractivity contribution is 0.670. The van der Waals surface area contributed by atoms with Crippen LogP contribution >= 0.6 is 0 Å². The Morgan fingerprint density at radius 1 is 0.456 bits per heavy atom. The molecular weight excluding hydrogens is 695 g/mol. The van der Waals surface area contributed by atoms with E-state index < -0.39 is 0 Å². The van der Waals surface area contributed by atoms with Gasteiger partial charge >= 0.3 is 0 Å². The van der Waals surface area contributed by atoms with Crippen molar-refractivity contribution in [1.82, 2.24) is 0 Å². The molecule has 0 saturated heterocycles. The van der Waals surface area contributed by atoms with Gasteiger partial charge in [-0.25, -0.2) is 9.98 Å². The molecule has 0 amide bonds. The fourth-order valence-corrected chi connectivity index (χ4v) is 7.83. The fraction of sp³-hybridized carbons (Fsp3) is 0. The van der Waals surface area contributed by atoms with Gasteiger partial charge in [0.15, 0.2) is 11.7 Å². The number of rotatable bonds is 6. The maximum atomic E-state index is 9.17. The van der Waals surface area contributed by atoms with Crippen molar-refractivity contribution in [3.05, 3.63) is 217 Å². The van der Waals surface area contributed by atoms with Crippen LogP contribution in [0.5, 0.6) is 0 Å². The maximum absolute atomic E-state index is 9.17. The Hall–Kier alpha value is -7.69. The quantitative estimate of drug-likeness (QED) is 0.134. The summed E-state index contributed by atoms with van der Waals surface area (Å²) in [5.41, 5.74) is 10.7. The number of hydrogen-bond acceptors (Lipinski definition) is 2. The van der Waals surface area contributed by atoms with Gasteiger partial charge in [0.2, 0.25) is 0 Å². The molecule has 0 atom stereocenters. The third kappa shape index (κ3) is 6.49. The van der Waals surface area contributed by atoms with Crippen molar-refractivity contribution in [2.45, 2.75) is 0 Å². The zero-order chi connectivity index (χ0) is 38.1. The molecule has 0 aliphatic heterocycles. The van der Waals surface area contributed by atoms with E-state index in [1.165, 1.54) is 0 Å². The highest BCUT2D eigenvalue weighted by molar-refractivity contribution is 6.19. The summed E-state index contributed by atoms with van der Waals surface area (Å²) < 4.78 is 6.65. The molecule has 4 heteroatoms. The average molecular weight is 730 g/mol. The zero-order valence-electron chi connectivity index (χ0n) is 30.9. The topological polar surface area (TPSA) is 61.7 Å². The van der Waals surface area contributed by atoms with Crippen molar-refractivity contribution >= 4 is 61.4 Å². The third-order valence-corrected chi connectivity index (χ3v) is 10.6. The molecule has 0 spiro atoms. The Bertz CT molecular complexity index is 3190. The summed E-state index contributed by atoms with van der Waals surface area (Å²) in [5, 5.41) is 15.7. The lowest BCUT2D eigenvalue weighted by Gasteiger charge is -2.11. The number of aliphatic imine (C=N–C) groups is 2. The van der Waals surface area contributed by atoms with Crippen molar-refractivity contribution in [3.63, 3.8) is 0 Å². The van der Waals surface area contributed by atoms with Crippen LogP contribution < -0.4 is 0 Å². The van der Waals surface area contributed by atoms with Crippen LogP contribution in [0.3, 0.4) is 0 Å². The zero-order valence-corrected chi connectivity index (χ0v) is 30.9. The Morgan fingerprint density at radius 2 is 1.12 bits per heavy atom. The Balaban J connectivity index is 1.11. The van der Waals surface area contributed by atoms with Crippen LogP contribution in [0.1, 0.15) is 16.7 Å². The Labute approximate surface area is 330 Å². The first-order chi connectivity index (χ1) is 28.2. The van der Waals surface area contributed by atoms with Crippen LogP contribution in [0.25, 0.3) is 76.9 Å². The Kier molecular flexibility index (Phi) is 8.62. The lowest BCUT2D eigenvalue weighted by atomic mass is 9.92. The van der Waals surface area contributed by atoms with E-state index in [2.05, 4.69) is 133 Å². The summed E-state index contributed by atoms with van der Waals surface area (Å²) in [4.78, 5) is 9.99. The molecule has 0 bridgehead atoms.